The van der Waals surface area contributed by atoms with Crippen LogP contribution in [-0.4, -0.2) is 14.1 Å². The number of fused-ring (bicyclic) bond motifs is 1. The van der Waals surface area contributed by atoms with Crippen LogP contribution in [0.25, 0.3) is 16.6 Å². The Morgan fingerprint density at radius 3 is 2.71 bits per heavy atom. The van der Waals surface area contributed by atoms with Gasteiger partial charge in [-0.2, -0.15) is 5.26 Å². The third-order valence-corrected chi connectivity index (χ3v) is 4.93. The number of hydrogen-bond acceptors (Lipinski definition) is 3. The molecule has 0 aliphatic carbocycles. The molecule has 138 valence electrons. The Bertz CT molecular complexity index is 1270. The van der Waals surface area contributed by atoms with Crippen LogP contribution in [0.1, 0.15) is 22.6 Å². The summed E-state index contributed by atoms with van der Waals surface area (Å²) in [5.74, 6) is 0.677. The molecule has 28 heavy (non-hydrogen) atoms. The number of nitriles is 1. The number of nitrogens with zero attached hydrogens (tertiary/aromatic N) is 4. The van der Waals surface area contributed by atoms with Crippen LogP contribution in [0, 0.1) is 25.2 Å². The van der Waals surface area contributed by atoms with Gasteiger partial charge in [-0.3, -0.25) is 9.36 Å². The van der Waals surface area contributed by atoms with Gasteiger partial charge in [-0.1, -0.05) is 18.2 Å². The van der Waals surface area contributed by atoms with E-state index in [1.54, 1.807) is 10.6 Å². The highest BCUT2D eigenvalue weighted by Crippen LogP contribution is 2.21. The second kappa shape index (κ2) is 7.16. The van der Waals surface area contributed by atoms with Crippen molar-refractivity contribution < 1.29 is 0 Å². The normalized spacial score (nSPS) is 10.9. The Kier molecular flexibility index (Phi) is 4.54. The Morgan fingerprint density at radius 1 is 1.07 bits per heavy atom. The molecule has 0 atom stereocenters. The van der Waals surface area contributed by atoms with Gasteiger partial charge in [-0.05, 0) is 61.5 Å². The van der Waals surface area contributed by atoms with E-state index in [1.807, 2.05) is 56.3 Å². The zero-order valence-corrected chi connectivity index (χ0v) is 15.9. The van der Waals surface area contributed by atoms with Gasteiger partial charge < -0.3 is 4.57 Å². The molecule has 0 amide bonds. The average molecular weight is 368 g/mol. The Morgan fingerprint density at radius 2 is 1.93 bits per heavy atom. The lowest BCUT2D eigenvalue weighted by molar-refractivity contribution is 0.722. The first-order valence-corrected chi connectivity index (χ1v) is 9.21. The zero-order valence-electron chi connectivity index (χ0n) is 15.9. The van der Waals surface area contributed by atoms with Crippen LogP contribution in [-0.2, 0) is 13.0 Å². The SMILES string of the molecule is Cc1cc(=O)n(-c2ccc3ccn(CCc4cccc(C#N)c4)c3c2)c(C)n1. The van der Waals surface area contributed by atoms with E-state index in [2.05, 4.69) is 27.9 Å². The third-order valence-electron chi connectivity index (χ3n) is 4.93. The van der Waals surface area contributed by atoms with Gasteiger partial charge in [0.25, 0.3) is 5.56 Å². The molecular weight excluding hydrogens is 348 g/mol. The first-order chi connectivity index (χ1) is 13.5. The van der Waals surface area contributed by atoms with Gasteiger partial charge in [0.15, 0.2) is 0 Å². The largest absolute Gasteiger partial charge is 0.347 e. The summed E-state index contributed by atoms with van der Waals surface area (Å²) in [7, 11) is 0. The van der Waals surface area contributed by atoms with Crippen LogP contribution >= 0.6 is 0 Å². The van der Waals surface area contributed by atoms with Crippen LogP contribution in [0.2, 0.25) is 0 Å². The van der Waals surface area contributed by atoms with Crippen molar-refractivity contribution in [2.45, 2.75) is 26.8 Å². The average Bonchev–Trinajstić information content (AvgIpc) is 3.08. The molecule has 2 aromatic heterocycles. The van der Waals surface area contributed by atoms with E-state index in [9.17, 15) is 4.79 Å². The maximum absolute atomic E-state index is 12.5. The van der Waals surface area contributed by atoms with Crippen LogP contribution < -0.4 is 5.56 Å². The molecule has 5 heteroatoms. The lowest BCUT2D eigenvalue weighted by Gasteiger charge is -2.11. The molecule has 4 rings (SSSR count). The van der Waals surface area contributed by atoms with Crippen molar-refractivity contribution in [2.24, 2.45) is 0 Å². The highest BCUT2D eigenvalue weighted by Gasteiger charge is 2.09. The van der Waals surface area contributed by atoms with E-state index in [4.69, 9.17) is 5.26 Å². The van der Waals surface area contributed by atoms with E-state index in [0.717, 1.165) is 40.8 Å². The fourth-order valence-corrected chi connectivity index (χ4v) is 3.61. The third kappa shape index (κ3) is 3.33. The minimum atomic E-state index is -0.0734. The molecule has 4 aromatic rings. The van der Waals surface area contributed by atoms with Gasteiger partial charge in [0.05, 0.1) is 22.8 Å². The van der Waals surface area contributed by atoms with Crippen molar-refractivity contribution in [3.8, 4) is 11.8 Å². The van der Waals surface area contributed by atoms with Crippen molar-refractivity contribution in [3.05, 3.63) is 93.8 Å². The summed E-state index contributed by atoms with van der Waals surface area (Å²) in [4.78, 5) is 16.9. The van der Waals surface area contributed by atoms with Gasteiger partial charge in [0, 0.05) is 24.5 Å². The zero-order chi connectivity index (χ0) is 19.7. The number of aromatic nitrogens is 3. The molecule has 5 nitrogen and oxygen atoms in total. The number of rotatable bonds is 4. The van der Waals surface area contributed by atoms with Crippen molar-refractivity contribution >= 4 is 10.9 Å². The van der Waals surface area contributed by atoms with Crippen molar-refractivity contribution in [3.63, 3.8) is 0 Å². The lowest BCUT2D eigenvalue weighted by Crippen LogP contribution is -2.21. The fourth-order valence-electron chi connectivity index (χ4n) is 3.61. The smallest absolute Gasteiger partial charge is 0.258 e. The minimum Gasteiger partial charge on any atom is -0.347 e. The molecule has 0 N–H and O–H groups in total. The first-order valence-electron chi connectivity index (χ1n) is 9.21. The summed E-state index contributed by atoms with van der Waals surface area (Å²) in [6.45, 7) is 4.47. The summed E-state index contributed by atoms with van der Waals surface area (Å²) in [5.41, 5.74) is 4.35. The Balaban J connectivity index is 1.69. The molecule has 0 bridgehead atoms. The highest BCUT2D eigenvalue weighted by molar-refractivity contribution is 5.82. The molecule has 0 unspecified atom stereocenters. The molecule has 0 saturated heterocycles. The molecule has 0 fully saturated rings. The molecular formula is C23H20N4O. The monoisotopic (exact) mass is 368 g/mol. The second-order valence-corrected chi connectivity index (χ2v) is 6.93. The molecule has 2 heterocycles. The van der Waals surface area contributed by atoms with Gasteiger partial charge in [-0.25, -0.2) is 4.98 Å². The van der Waals surface area contributed by atoms with E-state index in [0.29, 0.717) is 11.4 Å². The van der Waals surface area contributed by atoms with Gasteiger partial charge in [0.2, 0.25) is 0 Å². The predicted octanol–water partition coefficient (Wildman–Crippen LogP) is 3.92. The second-order valence-electron chi connectivity index (χ2n) is 6.93. The number of aryl methyl sites for hydroxylation is 4. The maximum Gasteiger partial charge on any atom is 0.258 e. The summed E-state index contributed by atoms with van der Waals surface area (Å²) in [6.07, 6.45) is 2.89. The quantitative estimate of drug-likeness (QED) is 0.548. The lowest BCUT2D eigenvalue weighted by atomic mass is 10.1. The predicted molar refractivity (Wildman–Crippen MR) is 110 cm³/mol. The first kappa shape index (κ1) is 17.7. The Labute approximate surface area is 163 Å². The highest BCUT2D eigenvalue weighted by atomic mass is 16.1. The number of benzene rings is 2. The summed E-state index contributed by atoms with van der Waals surface area (Å²) >= 11 is 0. The molecule has 0 spiro atoms. The van der Waals surface area contributed by atoms with Gasteiger partial charge in [-0.15, -0.1) is 0 Å². The molecule has 0 aliphatic heterocycles. The van der Waals surface area contributed by atoms with E-state index >= 15 is 0 Å². The van der Waals surface area contributed by atoms with Crippen LogP contribution in [0.3, 0.4) is 0 Å². The topological polar surface area (TPSA) is 63.6 Å². The molecule has 0 radical (unpaired) electrons. The van der Waals surface area contributed by atoms with Crippen LogP contribution in [0.15, 0.2) is 65.6 Å². The Hall–Kier alpha value is -3.65. The van der Waals surface area contributed by atoms with Crippen LogP contribution in [0.4, 0.5) is 0 Å². The fraction of sp³-hybridized carbons (Fsp3) is 0.174. The van der Waals surface area contributed by atoms with Gasteiger partial charge in [0.1, 0.15) is 5.82 Å². The minimum absolute atomic E-state index is 0.0734. The van der Waals surface area contributed by atoms with E-state index < -0.39 is 0 Å². The number of hydrogen-bond donors (Lipinski definition) is 0. The van der Waals surface area contributed by atoms with Crippen molar-refractivity contribution in [1.29, 1.82) is 5.26 Å². The van der Waals surface area contributed by atoms with E-state index in [-0.39, 0.29) is 5.56 Å². The van der Waals surface area contributed by atoms with Crippen LogP contribution in [0.5, 0.6) is 0 Å². The molecule has 0 aliphatic rings. The maximum atomic E-state index is 12.5. The van der Waals surface area contributed by atoms with Crippen molar-refractivity contribution in [2.75, 3.05) is 0 Å². The van der Waals surface area contributed by atoms with Crippen molar-refractivity contribution in [1.82, 2.24) is 14.1 Å². The summed E-state index contributed by atoms with van der Waals surface area (Å²) in [6, 6.07) is 19.5. The summed E-state index contributed by atoms with van der Waals surface area (Å²) < 4.78 is 3.82. The standard InChI is InChI=1S/C23H20N4O/c1-16-12-23(28)27(17(2)25-16)21-7-6-20-9-11-26(22(20)14-21)10-8-18-4-3-5-19(13-18)15-24/h3-7,9,11-14H,8,10H2,1-2H3. The molecule has 0 saturated carbocycles. The summed E-state index contributed by atoms with van der Waals surface area (Å²) in [5, 5.41) is 10.2. The van der Waals surface area contributed by atoms with E-state index in [1.165, 1.54) is 0 Å². The molecule has 2 aromatic carbocycles. The van der Waals surface area contributed by atoms with Gasteiger partial charge >= 0.3 is 0 Å².